The third-order valence-corrected chi connectivity index (χ3v) is 2.85. The van der Waals surface area contributed by atoms with Crippen LogP contribution in [0.15, 0.2) is 18.2 Å². The first-order valence-corrected chi connectivity index (χ1v) is 5.45. The van der Waals surface area contributed by atoms with Crippen molar-refractivity contribution in [1.82, 2.24) is 4.90 Å². The van der Waals surface area contributed by atoms with E-state index < -0.39 is 11.6 Å². The third-order valence-electron chi connectivity index (χ3n) is 2.85. The van der Waals surface area contributed by atoms with Crippen LogP contribution in [0, 0.1) is 11.6 Å². The number of piperidine rings is 1. The Kier molecular flexibility index (Phi) is 3.39. The molecule has 4 heteroatoms. The van der Waals surface area contributed by atoms with Crippen LogP contribution >= 0.6 is 0 Å². The average Bonchev–Trinajstić information content (AvgIpc) is 2.25. The second kappa shape index (κ2) is 4.78. The zero-order valence-corrected chi connectivity index (χ0v) is 9.25. The fraction of sp³-hybridized carbons (Fsp3) is 0.500. The van der Waals surface area contributed by atoms with Gasteiger partial charge in [0.15, 0.2) is 11.6 Å². The Morgan fingerprint density at radius 1 is 1.25 bits per heavy atom. The van der Waals surface area contributed by atoms with E-state index in [4.69, 9.17) is 4.74 Å². The SMILES string of the molecule is CN1CCC(Oc2ccc(F)cc2F)CC1. The highest BCUT2D eigenvalue weighted by Gasteiger charge is 2.19. The summed E-state index contributed by atoms with van der Waals surface area (Å²) in [5.74, 6) is -1.05. The van der Waals surface area contributed by atoms with Crippen molar-refractivity contribution in [3.05, 3.63) is 29.8 Å². The number of halogens is 2. The highest BCUT2D eigenvalue weighted by atomic mass is 19.1. The number of ether oxygens (including phenoxy) is 1. The van der Waals surface area contributed by atoms with Crippen LogP contribution in [-0.2, 0) is 0 Å². The molecule has 0 aliphatic carbocycles. The number of hydrogen-bond acceptors (Lipinski definition) is 2. The maximum absolute atomic E-state index is 13.3. The van der Waals surface area contributed by atoms with E-state index in [0.717, 1.165) is 32.0 Å². The van der Waals surface area contributed by atoms with Crippen LogP contribution in [0.1, 0.15) is 12.8 Å². The molecule has 0 spiro atoms. The molecule has 0 unspecified atom stereocenters. The fourth-order valence-electron chi connectivity index (χ4n) is 1.85. The number of rotatable bonds is 2. The van der Waals surface area contributed by atoms with Gasteiger partial charge in [0.1, 0.15) is 11.9 Å². The Morgan fingerprint density at radius 2 is 1.94 bits per heavy atom. The molecule has 1 aliphatic rings. The quantitative estimate of drug-likeness (QED) is 0.769. The maximum Gasteiger partial charge on any atom is 0.167 e. The number of likely N-dealkylation sites (tertiary alicyclic amines) is 1. The van der Waals surface area contributed by atoms with Crippen molar-refractivity contribution in [2.45, 2.75) is 18.9 Å². The second-order valence-corrected chi connectivity index (χ2v) is 4.20. The molecule has 88 valence electrons. The predicted molar refractivity (Wildman–Crippen MR) is 57.5 cm³/mol. The topological polar surface area (TPSA) is 12.5 Å². The van der Waals surface area contributed by atoms with Crippen LogP contribution in [0.5, 0.6) is 5.75 Å². The molecule has 1 saturated heterocycles. The summed E-state index contributed by atoms with van der Waals surface area (Å²) in [4.78, 5) is 2.21. The Morgan fingerprint density at radius 3 is 2.56 bits per heavy atom. The van der Waals surface area contributed by atoms with Gasteiger partial charge in [0.2, 0.25) is 0 Å². The number of nitrogens with zero attached hydrogens (tertiary/aromatic N) is 1. The minimum absolute atomic E-state index is 0.0381. The van der Waals surface area contributed by atoms with Gasteiger partial charge in [-0.3, -0.25) is 0 Å². The highest BCUT2D eigenvalue weighted by molar-refractivity contribution is 5.24. The molecular formula is C12H15F2NO. The summed E-state index contributed by atoms with van der Waals surface area (Å²) >= 11 is 0. The van der Waals surface area contributed by atoms with Gasteiger partial charge in [-0.15, -0.1) is 0 Å². The minimum Gasteiger partial charge on any atom is -0.487 e. The molecule has 1 aromatic carbocycles. The Hall–Kier alpha value is -1.16. The number of hydrogen-bond donors (Lipinski definition) is 0. The lowest BCUT2D eigenvalue weighted by Gasteiger charge is -2.29. The molecule has 0 atom stereocenters. The molecular weight excluding hydrogens is 212 g/mol. The molecule has 16 heavy (non-hydrogen) atoms. The first-order valence-electron chi connectivity index (χ1n) is 5.45. The van der Waals surface area contributed by atoms with Crippen molar-refractivity contribution in [2.75, 3.05) is 20.1 Å². The molecule has 1 aromatic rings. The van der Waals surface area contributed by atoms with E-state index in [1.807, 2.05) is 0 Å². The van der Waals surface area contributed by atoms with Crippen LogP contribution in [0.2, 0.25) is 0 Å². The minimum atomic E-state index is -0.626. The average molecular weight is 227 g/mol. The van der Waals surface area contributed by atoms with E-state index in [9.17, 15) is 8.78 Å². The molecule has 2 nitrogen and oxygen atoms in total. The van der Waals surface area contributed by atoms with Crippen molar-refractivity contribution in [3.8, 4) is 5.75 Å². The van der Waals surface area contributed by atoms with Gasteiger partial charge in [0.05, 0.1) is 0 Å². The van der Waals surface area contributed by atoms with Crippen molar-refractivity contribution < 1.29 is 13.5 Å². The van der Waals surface area contributed by atoms with Gasteiger partial charge in [0.25, 0.3) is 0 Å². The fourth-order valence-corrected chi connectivity index (χ4v) is 1.85. The van der Waals surface area contributed by atoms with Gasteiger partial charge >= 0.3 is 0 Å². The monoisotopic (exact) mass is 227 g/mol. The van der Waals surface area contributed by atoms with Crippen LogP contribution in [-0.4, -0.2) is 31.1 Å². The molecule has 1 heterocycles. The van der Waals surface area contributed by atoms with E-state index in [2.05, 4.69) is 11.9 Å². The molecule has 0 N–H and O–H groups in total. The molecule has 0 radical (unpaired) electrons. The van der Waals surface area contributed by atoms with Crippen LogP contribution < -0.4 is 4.74 Å². The van der Waals surface area contributed by atoms with Gasteiger partial charge in [-0.2, -0.15) is 0 Å². The lowest BCUT2D eigenvalue weighted by molar-refractivity contribution is 0.110. The van der Waals surface area contributed by atoms with Gasteiger partial charge in [0, 0.05) is 19.2 Å². The third kappa shape index (κ3) is 2.70. The first kappa shape index (κ1) is 11.3. The van der Waals surface area contributed by atoms with E-state index >= 15 is 0 Å². The van der Waals surface area contributed by atoms with E-state index in [0.29, 0.717) is 0 Å². The summed E-state index contributed by atoms with van der Waals surface area (Å²) in [7, 11) is 2.05. The molecule has 0 amide bonds. The molecule has 0 saturated carbocycles. The van der Waals surface area contributed by atoms with Gasteiger partial charge in [-0.05, 0) is 32.0 Å². The van der Waals surface area contributed by atoms with Crippen molar-refractivity contribution >= 4 is 0 Å². The van der Waals surface area contributed by atoms with E-state index in [1.165, 1.54) is 12.1 Å². The standard InChI is InChI=1S/C12H15F2NO/c1-15-6-4-10(5-7-15)16-12-3-2-9(13)8-11(12)14/h2-3,8,10H,4-7H2,1H3. The highest BCUT2D eigenvalue weighted by Crippen LogP contribution is 2.22. The van der Waals surface area contributed by atoms with Crippen molar-refractivity contribution in [2.24, 2.45) is 0 Å². The molecule has 1 fully saturated rings. The van der Waals surface area contributed by atoms with Gasteiger partial charge in [-0.25, -0.2) is 8.78 Å². The smallest absolute Gasteiger partial charge is 0.167 e. The summed E-state index contributed by atoms with van der Waals surface area (Å²) in [5, 5.41) is 0. The molecule has 1 aliphatic heterocycles. The zero-order valence-electron chi connectivity index (χ0n) is 9.25. The predicted octanol–water partition coefficient (Wildman–Crippen LogP) is 2.44. The maximum atomic E-state index is 13.3. The second-order valence-electron chi connectivity index (χ2n) is 4.20. The lowest BCUT2D eigenvalue weighted by atomic mass is 10.1. The Bertz CT molecular complexity index is 362. The van der Waals surface area contributed by atoms with Crippen LogP contribution in [0.25, 0.3) is 0 Å². The van der Waals surface area contributed by atoms with Crippen LogP contribution in [0.3, 0.4) is 0 Å². The first-order chi connectivity index (χ1) is 7.65. The summed E-state index contributed by atoms with van der Waals surface area (Å²) in [5.41, 5.74) is 0. The molecule has 2 rings (SSSR count). The Labute approximate surface area is 93.8 Å². The summed E-state index contributed by atoms with van der Waals surface area (Å²) in [6.45, 7) is 1.90. The van der Waals surface area contributed by atoms with Gasteiger partial charge in [-0.1, -0.05) is 0 Å². The normalized spacial score (nSPS) is 18.7. The Balaban J connectivity index is 1.98. The number of benzene rings is 1. The zero-order chi connectivity index (χ0) is 11.5. The van der Waals surface area contributed by atoms with Crippen LogP contribution in [0.4, 0.5) is 8.78 Å². The van der Waals surface area contributed by atoms with Crippen molar-refractivity contribution in [3.63, 3.8) is 0 Å². The summed E-state index contributed by atoms with van der Waals surface area (Å²) in [6.07, 6.45) is 1.80. The lowest BCUT2D eigenvalue weighted by Crippen LogP contribution is -2.35. The summed E-state index contributed by atoms with van der Waals surface area (Å²) in [6, 6.07) is 3.42. The van der Waals surface area contributed by atoms with Gasteiger partial charge < -0.3 is 9.64 Å². The van der Waals surface area contributed by atoms with E-state index in [1.54, 1.807) is 0 Å². The van der Waals surface area contributed by atoms with E-state index in [-0.39, 0.29) is 11.9 Å². The molecule has 0 aromatic heterocycles. The summed E-state index contributed by atoms with van der Waals surface area (Å²) < 4.78 is 31.5. The molecule has 0 bridgehead atoms. The largest absolute Gasteiger partial charge is 0.487 e. The van der Waals surface area contributed by atoms with Crippen molar-refractivity contribution in [1.29, 1.82) is 0 Å².